The number of esters is 1. The highest BCUT2D eigenvalue weighted by molar-refractivity contribution is 6.74. The fourth-order valence-electron chi connectivity index (χ4n) is 1.92. The van der Waals surface area contributed by atoms with Crippen molar-refractivity contribution in [3.63, 3.8) is 0 Å². The molecular formula is C16H31N2O4Si+. The number of aliphatic hydroxyl groups excluding tert-OH is 1. The fourth-order valence-corrected chi connectivity index (χ4v) is 3.28. The van der Waals surface area contributed by atoms with E-state index in [-0.39, 0.29) is 23.3 Å². The molecule has 0 rings (SSSR count). The Hall–Kier alpha value is -1.39. The molecule has 0 aliphatic rings. The number of hydrogen-bond acceptors (Lipinski definition) is 5. The summed E-state index contributed by atoms with van der Waals surface area (Å²) in [6.45, 7) is 14.8. The molecule has 1 atom stereocenters. The van der Waals surface area contributed by atoms with Gasteiger partial charge in [-0.05, 0) is 30.5 Å². The van der Waals surface area contributed by atoms with E-state index >= 15 is 0 Å². The van der Waals surface area contributed by atoms with Crippen LogP contribution in [-0.4, -0.2) is 32.6 Å². The van der Waals surface area contributed by atoms with E-state index in [9.17, 15) is 9.90 Å². The Balaban J connectivity index is 5.41. The molecule has 0 bridgehead atoms. The summed E-state index contributed by atoms with van der Waals surface area (Å²) in [5, 5.41) is 19.1. The molecule has 0 spiro atoms. The summed E-state index contributed by atoms with van der Waals surface area (Å²) in [5.41, 5.74) is -0.472. The molecule has 0 aliphatic heterocycles. The Kier molecular flexibility index (Phi) is 7.94. The van der Waals surface area contributed by atoms with Crippen LogP contribution >= 0.6 is 0 Å². The Morgan fingerprint density at radius 1 is 1.30 bits per heavy atom. The zero-order valence-corrected chi connectivity index (χ0v) is 16.6. The molecular weight excluding hydrogens is 312 g/mol. The second-order valence-electron chi connectivity index (χ2n) is 7.72. The van der Waals surface area contributed by atoms with E-state index in [0.717, 1.165) is 6.42 Å². The van der Waals surface area contributed by atoms with Gasteiger partial charge in [0.1, 0.15) is 0 Å². The van der Waals surface area contributed by atoms with E-state index in [1.54, 1.807) is 0 Å². The third-order valence-corrected chi connectivity index (χ3v) is 8.71. The van der Waals surface area contributed by atoms with Gasteiger partial charge in [-0.15, -0.1) is 0 Å². The van der Waals surface area contributed by atoms with Gasteiger partial charge >= 0.3 is 11.7 Å². The molecule has 0 aromatic carbocycles. The van der Waals surface area contributed by atoms with Gasteiger partial charge in [0, 0.05) is 6.42 Å². The lowest BCUT2D eigenvalue weighted by molar-refractivity contribution is -0.136. The molecule has 132 valence electrons. The van der Waals surface area contributed by atoms with E-state index in [4.69, 9.17) is 9.82 Å². The first kappa shape index (κ1) is 21.6. The third kappa shape index (κ3) is 6.71. The number of rotatable bonds is 7. The molecule has 0 aromatic heterocycles. The monoisotopic (exact) mass is 343 g/mol. The summed E-state index contributed by atoms with van der Waals surface area (Å²) in [7, 11) is -0.860. The van der Waals surface area contributed by atoms with Crippen molar-refractivity contribution in [2.75, 3.05) is 7.11 Å². The van der Waals surface area contributed by atoms with Crippen molar-refractivity contribution in [2.45, 2.75) is 71.7 Å². The van der Waals surface area contributed by atoms with Crippen LogP contribution in [0.3, 0.4) is 0 Å². The van der Waals surface area contributed by atoms with Gasteiger partial charge in [0.25, 0.3) is 0 Å². The lowest BCUT2D eigenvalue weighted by Crippen LogP contribution is -2.44. The number of carbonyl (C=O) groups is 1. The van der Waals surface area contributed by atoms with Gasteiger partial charge in [0.15, 0.2) is 19.1 Å². The molecule has 0 aliphatic carbocycles. The number of ether oxygens (including phenoxy) is 1. The highest BCUT2D eigenvalue weighted by atomic mass is 28.4. The van der Waals surface area contributed by atoms with Gasteiger partial charge in [0.05, 0.1) is 13.2 Å². The fraction of sp³-hybridized carbons (Fsp3) is 0.812. The maximum Gasteiger partial charge on any atom is 0.505 e. The van der Waals surface area contributed by atoms with Crippen LogP contribution in [0.4, 0.5) is 0 Å². The lowest BCUT2D eigenvalue weighted by atomic mass is 10.0. The zero-order valence-electron chi connectivity index (χ0n) is 15.6. The predicted molar refractivity (Wildman–Crippen MR) is 92.9 cm³/mol. The number of carbonyl (C=O) groups excluding carboxylic acids is 1. The first-order chi connectivity index (χ1) is 10.4. The molecule has 0 aromatic rings. The highest BCUT2D eigenvalue weighted by Gasteiger charge is 2.40. The van der Waals surface area contributed by atoms with Gasteiger partial charge in [-0.1, -0.05) is 34.6 Å². The predicted octanol–water partition coefficient (Wildman–Crippen LogP) is 4.61. The van der Waals surface area contributed by atoms with E-state index in [1.807, 2.05) is 0 Å². The van der Waals surface area contributed by atoms with Crippen molar-refractivity contribution in [2.24, 2.45) is 5.92 Å². The lowest BCUT2D eigenvalue weighted by Gasteiger charge is -2.39. The quantitative estimate of drug-likeness (QED) is 0.240. The van der Waals surface area contributed by atoms with Crippen LogP contribution in [0.1, 0.15) is 47.5 Å². The Labute approximate surface area is 140 Å². The van der Waals surface area contributed by atoms with Crippen molar-refractivity contribution in [3.8, 4) is 0 Å². The van der Waals surface area contributed by atoms with E-state index < -0.39 is 20.0 Å². The third-order valence-electron chi connectivity index (χ3n) is 4.17. The summed E-state index contributed by atoms with van der Waals surface area (Å²) in [6, 6.07) is 0. The summed E-state index contributed by atoms with van der Waals surface area (Å²) in [4.78, 5) is 14.4. The number of nitrogens with zero attached hydrogens (tertiary/aromatic N) is 2. The van der Waals surface area contributed by atoms with E-state index in [0.29, 0.717) is 5.92 Å². The summed E-state index contributed by atoms with van der Waals surface area (Å²) >= 11 is 0. The number of aliphatic hydroxyl groups is 1. The Morgan fingerprint density at radius 3 is 2.17 bits per heavy atom. The van der Waals surface area contributed by atoms with Gasteiger partial charge in [-0.2, -0.15) is 0 Å². The van der Waals surface area contributed by atoms with Crippen molar-refractivity contribution in [1.82, 2.24) is 0 Å². The summed E-state index contributed by atoms with van der Waals surface area (Å²) in [5.74, 6) is -0.824. The summed E-state index contributed by atoms with van der Waals surface area (Å²) < 4.78 is 10.9. The standard InChI is InChI=1S/C16H30N2O4Si/c1-11(2)9-12(22-23(7,8)16(3,4)5)10-13(19)14(18-17)15(20)21-6/h11-12H,9-10H2,1-8H3/p+1. The molecule has 23 heavy (non-hydrogen) atoms. The Bertz CT molecular complexity index is 487. The average Bonchev–Trinajstić information content (AvgIpc) is 2.36. The molecule has 1 N–H and O–H groups in total. The number of diazo groups is 1. The second kappa shape index (κ2) is 8.46. The molecule has 0 radical (unpaired) electrons. The smallest absolute Gasteiger partial charge is 0.505 e. The van der Waals surface area contributed by atoms with Crippen molar-refractivity contribution < 1.29 is 19.1 Å². The normalized spacial score (nSPS) is 15.0. The number of methoxy groups -OCH3 is 1. The molecule has 0 heterocycles. The average molecular weight is 344 g/mol. The van der Waals surface area contributed by atoms with Crippen LogP contribution < -0.4 is 0 Å². The largest absolute Gasteiger partial charge is 0.505 e. The van der Waals surface area contributed by atoms with Crippen LogP contribution in [0, 0.1) is 11.3 Å². The molecule has 6 nitrogen and oxygen atoms in total. The van der Waals surface area contributed by atoms with E-state index in [1.165, 1.54) is 7.11 Å². The minimum atomic E-state index is -2.03. The SMILES string of the molecule is COC(=O)/C([N+]#N)=C(/O)CC(CC(C)C)O[Si](C)(C)C(C)(C)C. The van der Waals surface area contributed by atoms with Crippen LogP contribution in [-0.2, 0) is 14.0 Å². The van der Waals surface area contributed by atoms with Gasteiger partial charge in [-0.25, -0.2) is 4.79 Å². The minimum Gasteiger partial charge on any atom is -0.505 e. The van der Waals surface area contributed by atoms with Crippen LogP contribution in [0.2, 0.25) is 18.1 Å². The van der Waals surface area contributed by atoms with Gasteiger partial charge in [0.2, 0.25) is 5.39 Å². The minimum absolute atomic E-state index is 0.0358. The second-order valence-corrected chi connectivity index (χ2v) is 12.5. The van der Waals surface area contributed by atoms with Crippen molar-refractivity contribution >= 4 is 14.3 Å². The van der Waals surface area contributed by atoms with Crippen LogP contribution in [0.15, 0.2) is 11.5 Å². The Morgan fingerprint density at radius 2 is 1.83 bits per heavy atom. The zero-order chi connectivity index (χ0) is 18.4. The molecule has 0 saturated carbocycles. The maximum absolute atomic E-state index is 11.5. The van der Waals surface area contributed by atoms with Crippen LogP contribution in [0.5, 0.6) is 0 Å². The first-order valence-electron chi connectivity index (χ1n) is 7.89. The molecule has 1 unspecified atom stereocenters. The topological polar surface area (TPSA) is 83.9 Å². The van der Waals surface area contributed by atoms with Gasteiger partial charge in [-0.3, -0.25) is 0 Å². The van der Waals surface area contributed by atoms with Crippen molar-refractivity contribution in [3.05, 3.63) is 16.4 Å². The van der Waals surface area contributed by atoms with Crippen LogP contribution in [0.25, 0.3) is 4.98 Å². The molecule has 0 saturated heterocycles. The van der Waals surface area contributed by atoms with Gasteiger partial charge < -0.3 is 14.3 Å². The molecule has 7 heteroatoms. The molecule has 0 fully saturated rings. The maximum atomic E-state index is 11.5. The summed E-state index contributed by atoms with van der Waals surface area (Å²) in [6.07, 6.45) is 0.590. The first-order valence-corrected chi connectivity index (χ1v) is 10.8. The van der Waals surface area contributed by atoms with Crippen molar-refractivity contribution in [1.29, 1.82) is 5.39 Å². The highest BCUT2D eigenvalue weighted by Crippen LogP contribution is 2.38. The molecule has 0 amide bonds. The van der Waals surface area contributed by atoms with E-state index in [2.05, 4.69) is 57.4 Å². The number of hydrogen-bond donors (Lipinski definition) is 1.